The quantitative estimate of drug-likeness (QED) is 0.796. The molecule has 1 fully saturated rings. The Morgan fingerprint density at radius 3 is 2.72 bits per heavy atom. The molecule has 0 unspecified atom stereocenters. The summed E-state index contributed by atoms with van der Waals surface area (Å²) in [5, 5.41) is 9.64. The molecule has 1 aromatic heterocycles. The number of benzene rings is 1. The number of carbonyl (C=O) groups excluding carboxylic acids is 1. The molecule has 1 saturated heterocycles. The molecular weight excluding hydrogens is 318 g/mol. The van der Waals surface area contributed by atoms with Crippen LogP contribution in [0.1, 0.15) is 5.56 Å². The van der Waals surface area contributed by atoms with Gasteiger partial charge in [0, 0.05) is 45.5 Å². The summed E-state index contributed by atoms with van der Waals surface area (Å²) in [4.78, 5) is 16.4. The van der Waals surface area contributed by atoms with Gasteiger partial charge in [-0.05, 0) is 24.1 Å². The average Bonchev–Trinajstić information content (AvgIpc) is 3.16. The zero-order valence-corrected chi connectivity index (χ0v) is 14.4. The topological polar surface area (TPSA) is 73.5 Å². The predicted octanol–water partition coefficient (Wildman–Crippen LogP) is 1.36. The SMILES string of the molecule is O=C(NCCc1cn[nH]c1)N1CCN(CCOc2ccccc2)CC1. The maximum absolute atomic E-state index is 12.2. The van der Waals surface area contributed by atoms with E-state index in [1.807, 2.05) is 41.4 Å². The molecule has 1 aliphatic heterocycles. The van der Waals surface area contributed by atoms with Crippen molar-refractivity contribution in [3.8, 4) is 5.75 Å². The minimum atomic E-state index is 0.0173. The number of hydrogen-bond donors (Lipinski definition) is 2. The van der Waals surface area contributed by atoms with Crippen molar-refractivity contribution in [1.82, 2.24) is 25.3 Å². The largest absolute Gasteiger partial charge is 0.492 e. The van der Waals surface area contributed by atoms with Gasteiger partial charge in [-0.1, -0.05) is 18.2 Å². The first-order valence-corrected chi connectivity index (χ1v) is 8.72. The maximum Gasteiger partial charge on any atom is 0.317 e. The number of urea groups is 1. The van der Waals surface area contributed by atoms with E-state index in [-0.39, 0.29) is 6.03 Å². The summed E-state index contributed by atoms with van der Waals surface area (Å²) in [6.07, 6.45) is 4.42. The maximum atomic E-state index is 12.2. The van der Waals surface area contributed by atoms with Gasteiger partial charge in [0.25, 0.3) is 0 Å². The summed E-state index contributed by atoms with van der Waals surface area (Å²) in [5.41, 5.74) is 1.10. The van der Waals surface area contributed by atoms with E-state index in [1.165, 1.54) is 0 Å². The Kier molecular flexibility index (Phi) is 6.28. The first kappa shape index (κ1) is 17.3. The zero-order valence-electron chi connectivity index (χ0n) is 14.4. The Morgan fingerprint density at radius 2 is 2.00 bits per heavy atom. The van der Waals surface area contributed by atoms with Crippen molar-refractivity contribution in [2.24, 2.45) is 0 Å². The number of aromatic amines is 1. The molecule has 7 heteroatoms. The number of carbonyl (C=O) groups is 1. The fourth-order valence-electron chi connectivity index (χ4n) is 2.82. The first-order chi connectivity index (χ1) is 12.3. The minimum Gasteiger partial charge on any atom is -0.492 e. The number of rotatable bonds is 7. The number of hydrogen-bond acceptors (Lipinski definition) is 4. The van der Waals surface area contributed by atoms with Gasteiger partial charge in [-0.2, -0.15) is 5.10 Å². The molecule has 25 heavy (non-hydrogen) atoms. The Hall–Kier alpha value is -2.54. The van der Waals surface area contributed by atoms with Crippen molar-refractivity contribution < 1.29 is 9.53 Å². The van der Waals surface area contributed by atoms with Crippen molar-refractivity contribution in [3.05, 3.63) is 48.3 Å². The number of amides is 2. The molecule has 0 radical (unpaired) electrons. The number of H-pyrrole nitrogens is 1. The normalized spacial score (nSPS) is 15.1. The molecule has 2 amide bonds. The summed E-state index contributed by atoms with van der Waals surface area (Å²) in [5.74, 6) is 0.901. The Labute approximate surface area is 148 Å². The molecule has 3 rings (SSSR count). The van der Waals surface area contributed by atoms with Crippen LogP contribution in [-0.2, 0) is 6.42 Å². The molecule has 2 N–H and O–H groups in total. The molecule has 0 spiro atoms. The van der Waals surface area contributed by atoms with Crippen molar-refractivity contribution in [2.45, 2.75) is 6.42 Å². The lowest BCUT2D eigenvalue weighted by molar-refractivity contribution is 0.126. The Bertz CT molecular complexity index is 624. The molecule has 1 aromatic carbocycles. The lowest BCUT2D eigenvalue weighted by atomic mass is 10.2. The van der Waals surface area contributed by atoms with Crippen LogP contribution < -0.4 is 10.1 Å². The second kappa shape index (κ2) is 9.08. The third-order valence-corrected chi connectivity index (χ3v) is 4.32. The fraction of sp³-hybridized carbons (Fsp3) is 0.444. The van der Waals surface area contributed by atoms with Crippen molar-refractivity contribution in [2.75, 3.05) is 45.9 Å². The second-order valence-corrected chi connectivity index (χ2v) is 6.08. The van der Waals surface area contributed by atoms with Crippen LogP contribution in [-0.4, -0.2) is 71.9 Å². The number of nitrogens with zero attached hydrogens (tertiary/aromatic N) is 3. The van der Waals surface area contributed by atoms with E-state index in [0.717, 1.165) is 50.5 Å². The van der Waals surface area contributed by atoms with E-state index in [4.69, 9.17) is 4.74 Å². The molecule has 2 aromatic rings. The first-order valence-electron chi connectivity index (χ1n) is 8.72. The summed E-state index contributed by atoms with van der Waals surface area (Å²) in [7, 11) is 0. The highest BCUT2D eigenvalue weighted by molar-refractivity contribution is 5.74. The van der Waals surface area contributed by atoms with Crippen LogP contribution in [0.25, 0.3) is 0 Å². The smallest absolute Gasteiger partial charge is 0.317 e. The number of ether oxygens (including phenoxy) is 1. The predicted molar refractivity (Wildman–Crippen MR) is 95.6 cm³/mol. The van der Waals surface area contributed by atoms with Gasteiger partial charge in [0.1, 0.15) is 12.4 Å². The van der Waals surface area contributed by atoms with Gasteiger partial charge in [0.05, 0.1) is 6.20 Å². The van der Waals surface area contributed by atoms with Crippen LogP contribution >= 0.6 is 0 Å². The number of aromatic nitrogens is 2. The van der Waals surface area contributed by atoms with E-state index < -0.39 is 0 Å². The summed E-state index contributed by atoms with van der Waals surface area (Å²) in [6, 6.07) is 9.87. The van der Waals surface area contributed by atoms with Crippen LogP contribution in [0.4, 0.5) is 4.79 Å². The molecule has 0 aliphatic carbocycles. The van der Waals surface area contributed by atoms with Gasteiger partial charge >= 0.3 is 6.03 Å². The third kappa shape index (κ3) is 5.49. The van der Waals surface area contributed by atoms with Gasteiger partial charge < -0.3 is 15.0 Å². The van der Waals surface area contributed by atoms with E-state index in [9.17, 15) is 4.79 Å². The monoisotopic (exact) mass is 343 g/mol. The molecule has 7 nitrogen and oxygen atoms in total. The molecule has 1 aliphatic rings. The highest BCUT2D eigenvalue weighted by Crippen LogP contribution is 2.08. The molecule has 0 bridgehead atoms. The molecular formula is C18H25N5O2. The summed E-state index contributed by atoms with van der Waals surface area (Å²) in [6.45, 7) is 5.45. The van der Waals surface area contributed by atoms with Crippen LogP contribution in [0.5, 0.6) is 5.75 Å². The molecule has 134 valence electrons. The van der Waals surface area contributed by atoms with Crippen LogP contribution in [0, 0.1) is 0 Å². The molecule has 0 atom stereocenters. The van der Waals surface area contributed by atoms with E-state index in [1.54, 1.807) is 6.20 Å². The lowest BCUT2D eigenvalue weighted by Gasteiger charge is -2.34. The van der Waals surface area contributed by atoms with Crippen LogP contribution in [0.2, 0.25) is 0 Å². The summed E-state index contributed by atoms with van der Waals surface area (Å²) >= 11 is 0. The fourth-order valence-corrected chi connectivity index (χ4v) is 2.82. The van der Waals surface area contributed by atoms with Crippen molar-refractivity contribution in [1.29, 1.82) is 0 Å². The van der Waals surface area contributed by atoms with Gasteiger partial charge in [-0.25, -0.2) is 4.79 Å². The average molecular weight is 343 g/mol. The van der Waals surface area contributed by atoms with Crippen LogP contribution in [0.15, 0.2) is 42.7 Å². The number of nitrogens with one attached hydrogen (secondary N) is 2. The van der Waals surface area contributed by atoms with Crippen molar-refractivity contribution >= 4 is 6.03 Å². The minimum absolute atomic E-state index is 0.0173. The second-order valence-electron chi connectivity index (χ2n) is 6.08. The Balaban J connectivity index is 1.29. The van der Waals surface area contributed by atoms with Gasteiger partial charge in [-0.3, -0.25) is 10.00 Å². The highest BCUT2D eigenvalue weighted by Gasteiger charge is 2.20. The molecule has 0 saturated carbocycles. The highest BCUT2D eigenvalue weighted by atomic mass is 16.5. The Morgan fingerprint density at radius 1 is 1.20 bits per heavy atom. The number of para-hydroxylation sites is 1. The molecule has 2 heterocycles. The summed E-state index contributed by atoms with van der Waals surface area (Å²) < 4.78 is 5.73. The van der Waals surface area contributed by atoms with Crippen LogP contribution in [0.3, 0.4) is 0 Å². The van der Waals surface area contributed by atoms with Gasteiger partial charge in [0.15, 0.2) is 0 Å². The standard InChI is InChI=1S/C18H25N5O2/c24-18(19-7-6-16-14-20-21-15-16)23-10-8-22(9-11-23)12-13-25-17-4-2-1-3-5-17/h1-5,14-15H,6-13H2,(H,19,24)(H,20,21). The van der Waals surface area contributed by atoms with Gasteiger partial charge in [0.2, 0.25) is 0 Å². The van der Waals surface area contributed by atoms with E-state index >= 15 is 0 Å². The third-order valence-electron chi connectivity index (χ3n) is 4.32. The van der Waals surface area contributed by atoms with E-state index in [0.29, 0.717) is 13.2 Å². The lowest BCUT2D eigenvalue weighted by Crippen LogP contribution is -2.52. The van der Waals surface area contributed by atoms with Gasteiger partial charge in [-0.15, -0.1) is 0 Å². The van der Waals surface area contributed by atoms with E-state index in [2.05, 4.69) is 20.4 Å². The van der Waals surface area contributed by atoms with Crippen molar-refractivity contribution in [3.63, 3.8) is 0 Å². The number of piperazine rings is 1. The zero-order chi connectivity index (χ0) is 17.3.